The number of fused-ring (bicyclic) bond motifs is 2. The minimum Gasteiger partial charge on any atom is -0.497 e. The lowest BCUT2D eigenvalue weighted by Crippen LogP contribution is -2.48. The third-order valence-corrected chi connectivity index (χ3v) is 8.02. The highest BCUT2D eigenvalue weighted by Gasteiger charge is 2.37. The van der Waals surface area contributed by atoms with E-state index in [9.17, 15) is 14.7 Å². The Labute approximate surface area is 241 Å². The molecule has 42 heavy (non-hydrogen) atoms. The van der Waals surface area contributed by atoms with Gasteiger partial charge in [-0.05, 0) is 37.1 Å². The summed E-state index contributed by atoms with van der Waals surface area (Å²) in [6.07, 6.45) is 5.31. The van der Waals surface area contributed by atoms with Gasteiger partial charge in [0.05, 0.1) is 49.8 Å². The summed E-state index contributed by atoms with van der Waals surface area (Å²) in [6, 6.07) is 10.1. The van der Waals surface area contributed by atoms with E-state index in [4.69, 9.17) is 9.47 Å². The normalized spacial score (nSPS) is 18.2. The van der Waals surface area contributed by atoms with Crippen LogP contribution >= 0.6 is 0 Å². The molecule has 1 fully saturated rings. The fraction of sp³-hybridized carbons (Fsp3) is 0.333. The number of pyridine rings is 2. The number of anilines is 1. The quantitative estimate of drug-likeness (QED) is 0.276. The van der Waals surface area contributed by atoms with Gasteiger partial charge in [0.1, 0.15) is 11.5 Å². The summed E-state index contributed by atoms with van der Waals surface area (Å²) in [5.74, 6) is 0.180. The van der Waals surface area contributed by atoms with E-state index >= 15 is 4.39 Å². The lowest BCUT2D eigenvalue weighted by Gasteiger charge is -2.32. The zero-order valence-electron chi connectivity index (χ0n) is 23.3. The van der Waals surface area contributed by atoms with Crippen LogP contribution < -0.4 is 20.1 Å². The van der Waals surface area contributed by atoms with Crippen molar-refractivity contribution < 1.29 is 28.6 Å². The Hall–Kier alpha value is -4.87. The molecule has 2 atom stereocenters. The van der Waals surface area contributed by atoms with Crippen LogP contribution in [0.3, 0.4) is 0 Å². The minimum atomic E-state index is -1.13. The van der Waals surface area contributed by atoms with Gasteiger partial charge in [0.2, 0.25) is 0 Å². The van der Waals surface area contributed by atoms with E-state index in [0.717, 1.165) is 23.9 Å². The first-order valence-electron chi connectivity index (χ1n) is 13.8. The molecule has 3 N–H and O–H groups in total. The van der Waals surface area contributed by atoms with Gasteiger partial charge >= 0.3 is 6.09 Å². The van der Waals surface area contributed by atoms with Gasteiger partial charge in [-0.1, -0.05) is 18.9 Å². The fourth-order valence-corrected chi connectivity index (χ4v) is 5.95. The Morgan fingerprint density at radius 3 is 2.71 bits per heavy atom. The molecule has 2 unspecified atom stereocenters. The molecule has 1 aliphatic heterocycles. The van der Waals surface area contributed by atoms with Crippen molar-refractivity contribution in [1.82, 2.24) is 24.8 Å². The maximum absolute atomic E-state index is 16.3. The Morgan fingerprint density at radius 2 is 1.95 bits per heavy atom. The molecule has 2 amide bonds. The second kappa shape index (κ2) is 11.2. The zero-order chi connectivity index (χ0) is 29.4. The molecular formula is C30H31FN6O5. The molecule has 1 aromatic carbocycles. The minimum absolute atomic E-state index is 0.0141. The number of hydrogen-bond acceptors (Lipinski definition) is 7. The van der Waals surface area contributed by atoms with Crippen LogP contribution in [0.1, 0.15) is 47.2 Å². The smallest absolute Gasteiger partial charge is 0.404 e. The summed E-state index contributed by atoms with van der Waals surface area (Å²) in [5, 5.41) is 19.5. The van der Waals surface area contributed by atoms with Crippen LogP contribution in [0, 0.1) is 5.82 Å². The van der Waals surface area contributed by atoms with Crippen LogP contribution in [-0.2, 0) is 13.1 Å². The number of carbonyl (C=O) groups excluding carboxylic acids is 1. The predicted octanol–water partition coefficient (Wildman–Crippen LogP) is 4.70. The van der Waals surface area contributed by atoms with Crippen LogP contribution in [-0.4, -0.2) is 62.9 Å². The molecule has 1 saturated carbocycles. The number of benzene rings is 1. The molecule has 1 aliphatic carbocycles. The third kappa shape index (κ3) is 4.93. The van der Waals surface area contributed by atoms with Gasteiger partial charge in [-0.3, -0.25) is 4.79 Å². The van der Waals surface area contributed by atoms with Crippen molar-refractivity contribution in [3.05, 3.63) is 71.3 Å². The van der Waals surface area contributed by atoms with E-state index in [2.05, 4.69) is 20.7 Å². The summed E-state index contributed by atoms with van der Waals surface area (Å²) in [7, 11) is 3.10. The first kappa shape index (κ1) is 27.3. The van der Waals surface area contributed by atoms with Gasteiger partial charge in [-0.25, -0.2) is 18.7 Å². The van der Waals surface area contributed by atoms with E-state index in [1.807, 2.05) is 24.3 Å². The summed E-state index contributed by atoms with van der Waals surface area (Å²) in [6.45, 7) is 0.213. The van der Waals surface area contributed by atoms with Crippen molar-refractivity contribution in [3.8, 4) is 22.8 Å². The second-order valence-corrected chi connectivity index (χ2v) is 10.5. The monoisotopic (exact) mass is 574 g/mol. The number of aromatic nitrogens is 3. The van der Waals surface area contributed by atoms with Gasteiger partial charge in [0.25, 0.3) is 5.91 Å². The molecule has 4 heterocycles. The SMILES string of the molecule is COc1ccc(CN2Cc3c(F)c(NC4CCCCC4NC(=O)O)nc(-c4cnn5ccccc45)c3C2=O)c(OC)c1. The molecule has 0 saturated heterocycles. The Bertz CT molecular complexity index is 1670. The average Bonchev–Trinajstić information content (AvgIpc) is 3.57. The molecular weight excluding hydrogens is 543 g/mol. The maximum Gasteiger partial charge on any atom is 0.404 e. The summed E-state index contributed by atoms with van der Waals surface area (Å²) in [4.78, 5) is 31.6. The lowest BCUT2D eigenvalue weighted by atomic mass is 9.90. The second-order valence-electron chi connectivity index (χ2n) is 10.5. The van der Waals surface area contributed by atoms with Gasteiger partial charge < -0.3 is 30.1 Å². The van der Waals surface area contributed by atoms with Crippen LogP contribution in [0.25, 0.3) is 16.8 Å². The number of carboxylic acid groups (broad SMARTS) is 1. The van der Waals surface area contributed by atoms with E-state index in [-0.39, 0.29) is 42.0 Å². The van der Waals surface area contributed by atoms with Crippen molar-refractivity contribution in [2.75, 3.05) is 19.5 Å². The van der Waals surface area contributed by atoms with E-state index < -0.39 is 18.0 Å². The van der Waals surface area contributed by atoms with E-state index in [1.165, 1.54) is 0 Å². The molecule has 11 nitrogen and oxygen atoms in total. The first-order chi connectivity index (χ1) is 20.4. The number of carbonyl (C=O) groups is 2. The highest BCUT2D eigenvalue weighted by molar-refractivity contribution is 6.05. The number of ether oxygens (including phenoxy) is 2. The molecule has 4 aromatic rings. The molecule has 0 bridgehead atoms. The van der Waals surface area contributed by atoms with Crippen molar-refractivity contribution in [2.45, 2.75) is 50.9 Å². The van der Waals surface area contributed by atoms with Gasteiger partial charge in [-0.2, -0.15) is 5.10 Å². The maximum atomic E-state index is 16.3. The van der Waals surface area contributed by atoms with Crippen molar-refractivity contribution in [3.63, 3.8) is 0 Å². The van der Waals surface area contributed by atoms with Crippen molar-refractivity contribution >= 4 is 23.3 Å². The van der Waals surface area contributed by atoms with E-state index in [1.54, 1.807) is 48.2 Å². The number of nitrogens with one attached hydrogen (secondary N) is 2. The zero-order valence-corrected chi connectivity index (χ0v) is 23.3. The van der Waals surface area contributed by atoms with Crippen LogP contribution in [0.2, 0.25) is 0 Å². The van der Waals surface area contributed by atoms with Gasteiger partial charge in [-0.15, -0.1) is 0 Å². The third-order valence-electron chi connectivity index (χ3n) is 8.02. The van der Waals surface area contributed by atoms with Crippen LogP contribution in [0.5, 0.6) is 11.5 Å². The summed E-state index contributed by atoms with van der Waals surface area (Å²) < 4.78 is 28.8. The average molecular weight is 575 g/mol. The molecule has 2 aliphatic rings. The van der Waals surface area contributed by atoms with Crippen LogP contribution in [0.4, 0.5) is 15.0 Å². The number of halogens is 1. The van der Waals surface area contributed by atoms with Crippen molar-refractivity contribution in [1.29, 1.82) is 0 Å². The molecule has 0 spiro atoms. The fourth-order valence-electron chi connectivity index (χ4n) is 5.95. The molecule has 3 aromatic heterocycles. The largest absolute Gasteiger partial charge is 0.497 e. The highest BCUT2D eigenvalue weighted by Crippen LogP contribution is 2.39. The lowest BCUT2D eigenvalue weighted by molar-refractivity contribution is 0.0765. The predicted molar refractivity (Wildman–Crippen MR) is 152 cm³/mol. The van der Waals surface area contributed by atoms with Crippen molar-refractivity contribution in [2.24, 2.45) is 0 Å². The number of methoxy groups -OCH3 is 2. The molecule has 0 radical (unpaired) electrons. The topological polar surface area (TPSA) is 130 Å². The Morgan fingerprint density at radius 1 is 1.14 bits per heavy atom. The standard InChI is InChI=1S/C30H31FN6O5/c1-41-18-11-10-17(24(13-18)42-2)15-36-16-20-25(29(36)38)27(19-14-32-37-12-6-5-9-23(19)37)35-28(26(20)31)33-21-7-3-4-8-22(21)34-30(39)40/h5-6,9-14,21-22,34H,3-4,7-8,15-16H2,1-2H3,(H,33,35)(H,39,40). The first-order valence-corrected chi connectivity index (χ1v) is 13.8. The molecule has 218 valence electrons. The number of amides is 2. The number of rotatable bonds is 8. The molecule has 12 heteroatoms. The number of hydrogen-bond donors (Lipinski definition) is 3. The molecule has 6 rings (SSSR count). The number of nitrogens with zero attached hydrogens (tertiary/aromatic N) is 4. The van der Waals surface area contributed by atoms with Gasteiger partial charge in [0, 0.05) is 41.5 Å². The highest BCUT2D eigenvalue weighted by atomic mass is 19.1. The van der Waals surface area contributed by atoms with Gasteiger partial charge in [0.15, 0.2) is 11.6 Å². The van der Waals surface area contributed by atoms with E-state index in [0.29, 0.717) is 35.6 Å². The van der Waals surface area contributed by atoms with Crippen LogP contribution in [0.15, 0.2) is 48.8 Å². The summed E-state index contributed by atoms with van der Waals surface area (Å²) >= 11 is 0. The Balaban J connectivity index is 1.42. The Kier molecular flexibility index (Phi) is 7.27. The summed E-state index contributed by atoms with van der Waals surface area (Å²) in [5.41, 5.74) is 2.80.